The first-order valence-corrected chi connectivity index (χ1v) is 6.09. The van der Waals surface area contributed by atoms with Crippen molar-refractivity contribution in [2.24, 2.45) is 0 Å². The van der Waals surface area contributed by atoms with Gasteiger partial charge in [0.15, 0.2) is 0 Å². The molecule has 1 unspecified atom stereocenters. The Kier molecular flexibility index (Phi) is 4.66. The van der Waals surface area contributed by atoms with Gasteiger partial charge in [0.05, 0.1) is 0 Å². The van der Waals surface area contributed by atoms with Crippen LogP contribution in [0.1, 0.15) is 32.3 Å². The van der Waals surface area contributed by atoms with E-state index < -0.39 is 0 Å². The van der Waals surface area contributed by atoms with Gasteiger partial charge in [-0.05, 0) is 36.5 Å². The van der Waals surface area contributed by atoms with Crippen LogP contribution in [0.2, 0.25) is 6.82 Å². The van der Waals surface area contributed by atoms with Gasteiger partial charge in [-0.3, -0.25) is 0 Å². The number of fused-ring (bicyclic) bond motifs is 1. The van der Waals surface area contributed by atoms with Crippen LogP contribution in [-0.2, 0) is 0 Å². The van der Waals surface area contributed by atoms with E-state index in [-0.39, 0.29) is 0 Å². The summed E-state index contributed by atoms with van der Waals surface area (Å²) in [5, 5.41) is 1.33. The molecule has 2 rings (SSSR count). The topological polar surface area (TPSA) is 4.93 Å². The molecule has 0 saturated carbocycles. The highest BCUT2D eigenvalue weighted by molar-refractivity contribution is 6.34. The fraction of sp³-hybridized carbons (Fsp3) is 0.429. The lowest BCUT2D eigenvalue weighted by Gasteiger charge is -2.12. The Morgan fingerprint density at radius 2 is 1.88 bits per heavy atom. The zero-order valence-corrected chi connectivity index (χ0v) is 11.0. The van der Waals surface area contributed by atoms with Crippen LogP contribution in [0.25, 0.3) is 10.9 Å². The van der Waals surface area contributed by atoms with Crippen molar-refractivity contribution in [3.8, 4) is 0 Å². The minimum Gasteiger partial charge on any atom is -0.353 e. The molecule has 0 fully saturated rings. The van der Waals surface area contributed by atoms with Crippen molar-refractivity contribution in [1.29, 1.82) is 0 Å². The van der Waals surface area contributed by atoms with Crippen molar-refractivity contribution in [2.75, 3.05) is 0 Å². The Bertz CT molecular complexity index is 445. The summed E-state index contributed by atoms with van der Waals surface area (Å²) in [6, 6.07) is 8.78. The summed E-state index contributed by atoms with van der Waals surface area (Å²) in [5.74, 6) is 0.468. The van der Waals surface area contributed by atoms with Gasteiger partial charge < -0.3 is 4.57 Å². The van der Waals surface area contributed by atoms with Gasteiger partial charge in [-0.15, -0.1) is 0 Å². The third-order valence-corrected chi connectivity index (χ3v) is 2.80. The SMILES string of the molecule is CC.C[B]C(C)n1ccc2cc(C)ccc21. The van der Waals surface area contributed by atoms with E-state index in [1.54, 1.807) is 0 Å². The summed E-state index contributed by atoms with van der Waals surface area (Å²) in [5.41, 5.74) is 2.64. The van der Waals surface area contributed by atoms with Crippen molar-refractivity contribution in [1.82, 2.24) is 4.57 Å². The number of aromatic nitrogens is 1. The lowest BCUT2D eigenvalue weighted by Crippen LogP contribution is -2.08. The Morgan fingerprint density at radius 3 is 2.50 bits per heavy atom. The minimum atomic E-state index is 0.468. The molecule has 1 heterocycles. The standard InChI is InChI=1S/C12H15BN.C2H6/c1-9-4-5-12-11(8-9)6-7-14(12)10(2)13-3;1-2/h4-8,10H,1-3H3;1-2H3. The highest BCUT2D eigenvalue weighted by Crippen LogP contribution is 2.20. The fourth-order valence-corrected chi connectivity index (χ4v) is 1.80. The van der Waals surface area contributed by atoms with Crippen LogP contribution in [0.4, 0.5) is 0 Å². The molecule has 0 saturated heterocycles. The lowest BCUT2D eigenvalue weighted by atomic mass is 9.73. The van der Waals surface area contributed by atoms with Crippen LogP contribution in [0.5, 0.6) is 0 Å². The molecule has 0 aliphatic rings. The van der Waals surface area contributed by atoms with Crippen LogP contribution in [0.3, 0.4) is 0 Å². The van der Waals surface area contributed by atoms with E-state index in [4.69, 9.17) is 0 Å². The van der Waals surface area contributed by atoms with Crippen LogP contribution in [0, 0.1) is 6.92 Å². The maximum Gasteiger partial charge on any atom is 0.137 e. The Morgan fingerprint density at radius 1 is 1.19 bits per heavy atom. The van der Waals surface area contributed by atoms with E-state index in [2.05, 4.69) is 63.0 Å². The molecule has 1 aromatic heterocycles. The van der Waals surface area contributed by atoms with E-state index in [9.17, 15) is 0 Å². The highest BCUT2D eigenvalue weighted by Gasteiger charge is 2.06. The average Bonchev–Trinajstić information content (AvgIpc) is 2.73. The zero-order valence-electron chi connectivity index (χ0n) is 11.0. The molecule has 1 aromatic carbocycles. The highest BCUT2D eigenvalue weighted by atomic mass is 15.0. The zero-order chi connectivity index (χ0) is 12.1. The second-order valence-corrected chi connectivity index (χ2v) is 3.86. The third-order valence-electron chi connectivity index (χ3n) is 2.80. The molecule has 2 aromatic rings. The number of aryl methyl sites for hydroxylation is 1. The van der Waals surface area contributed by atoms with Gasteiger partial charge in [-0.25, -0.2) is 0 Å². The number of rotatable bonds is 2. The summed E-state index contributed by atoms with van der Waals surface area (Å²) in [7, 11) is 2.21. The largest absolute Gasteiger partial charge is 0.353 e. The van der Waals surface area contributed by atoms with Gasteiger partial charge in [0.25, 0.3) is 0 Å². The predicted octanol–water partition coefficient (Wildman–Crippen LogP) is 4.25. The smallest absolute Gasteiger partial charge is 0.137 e. The summed E-state index contributed by atoms with van der Waals surface area (Å²) in [6.45, 7) is 10.4. The summed E-state index contributed by atoms with van der Waals surface area (Å²) in [6.07, 6.45) is 2.16. The van der Waals surface area contributed by atoms with Crippen LogP contribution < -0.4 is 0 Å². The molecule has 0 bridgehead atoms. The summed E-state index contributed by atoms with van der Waals surface area (Å²) >= 11 is 0. The lowest BCUT2D eigenvalue weighted by molar-refractivity contribution is 0.750. The first-order valence-electron chi connectivity index (χ1n) is 6.09. The van der Waals surface area contributed by atoms with Crippen LogP contribution in [0.15, 0.2) is 30.5 Å². The van der Waals surface area contributed by atoms with E-state index in [0.717, 1.165) is 0 Å². The number of hydrogen-bond donors (Lipinski definition) is 0. The van der Waals surface area contributed by atoms with E-state index in [1.165, 1.54) is 16.5 Å². The van der Waals surface area contributed by atoms with E-state index >= 15 is 0 Å². The van der Waals surface area contributed by atoms with Crippen LogP contribution >= 0.6 is 0 Å². The van der Waals surface area contributed by atoms with Crippen molar-refractivity contribution in [3.63, 3.8) is 0 Å². The molecule has 0 aliphatic carbocycles. The number of nitrogens with zero attached hydrogens (tertiary/aromatic N) is 1. The van der Waals surface area contributed by atoms with Crippen molar-refractivity contribution in [3.05, 3.63) is 36.0 Å². The third kappa shape index (κ3) is 2.49. The quantitative estimate of drug-likeness (QED) is 0.658. The predicted molar refractivity (Wildman–Crippen MR) is 74.4 cm³/mol. The number of hydrogen-bond acceptors (Lipinski definition) is 0. The molecule has 1 nitrogen and oxygen atoms in total. The fourth-order valence-electron chi connectivity index (χ4n) is 1.80. The monoisotopic (exact) mass is 214 g/mol. The second-order valence-electron chi connectivity index (χ2n) is 3.86. The van der Waals surface area contributed by atoms with Gasteiger partial charge in [-0.1, -0.05) is 39.2 Å². The molecule has 0 N–H and O–H groups in total. The molecule has 1 radical (unpaired) electrons. The number of benzene rings is 1. The van der Waals surface area contributed by atoms with Gasteiger partial charge in [0.1, 0.15) is 7.28 Å². The maximum absolute atomic E-state index is 2.30. The molecule has 2 heteroatoms. The van der Waals surface area contributed by atoms with Gasteiger partial charge in [0.2, 0.25) is 0 Å². The first-order chi connectivity index (χ1) is 7.72. The Labute approximate surface area is 99.7 Å². The van der Waals surface area contributed by atoms with E-state index in [0.29, 0.717) is 5.94 Å². The van der Waals surface area contributed by atoms with Crippen molar-refractivity contribution >= 4 is 18.2 Å². The van der Waals surface area contributed by atoms with Crippen molar-refractivity contribution < 1.29 is 0 Å². The molecule has 16 heavy (non-hydrogen) atoms. The molecule has 0 spiro atoms. The first kappa shape index (κ1) is 12.9. The van der Waals surface area contributed by atoms with Gasteiger partial charge in [-0.2, -0.15) is 0 Å². The maximum atomic E-state index is 2.30. The normalized spacial score (nSPS) is 11.8. The molecular formula is C14H21BN. The van der Waals surface area contributed by atoms with Gasteiger partial charge >= 0.3 is 0 Å². The molecule has 0 amide bonds. The summed E-state index contributed by atoms with van der Waals surface area (Å²) in [4.78, 5) is 0. The average molecular weight is 214 g/mol. The minimum absolute atomic E-state index is 0.468. The van der Waals surface area contributed by atoms with Crippen molar-refractivity contribution in [2.45, 2.75) is 40.5 Å². The Balaban J connectivity index is 0.000000606. The molecular weight excluding hydrogens is 193 g/mol. The van der Waals surface area contributed by atoms with Crippen LogP contribution in [-0.4, -0.2) is 11.8 Å². The Hall–Kier alpha value is -1.18. The van der Waals surface area contributed by atoms with Gasteiger partial charge in [0, 0.05) is 11.7 Å². The summed E-state index contributed by atoms with van der Waals surface area (Å²) < 4.78 is 2.30. The second kappa shape index (κ2) is 5.79. The molecule has 1 atom stereocenters. The van der Waals surface area contributed by atoms with E-state index in [1.807, 2.05) is 13.8 Å². The molecule has 0 aliphatic heterocycles. The molecule has 85 valence electrons.